The van der Waals surface area contributed by atoms with Crippen LogP contribution in [0.25, 0.3) is 0 Å². The zero-order valence-corrected chi connectivity index (χ0v) is 13.3. The summed E-state index contributed by atoms with van der Waals surface area (Å²) in [7, 11) is -3.98. The van der Waals surface area contributed by atoms with E-state index in [1.807, 2.05) is 13.8 Å². The van der Waals surface area contributed by atoms with Crippen LogP contribution in [0.1, 0.15) is 17.4 Å². The van der Waals surface area contributed by atoms with Crippen LogP contribution in [0.2, 0.25) is 0 Å². The molecule has 0 radical (unpaired) electrons. The Hall–Kier alpha value is -1.51. The van der Waals surface area contributed by atoms with Crippen molar-refractivity contribution in [1.29, 1.82) is 0 Å². The van der Waals surface area contributed by atoms with Gasteiger partial charge in [-0.15, -0.1) is 11.3 Å². The molecule has 0 saturated heterocycles. The van der Waals surface area contributed by atoms with Gasteiger partial charge in [-0.3, -0.25) is 4.72 Å². The lowest BCUT2D eigenvalue weighted by Crippen LogP contribution is -2.16. The van der Waals surface area contributed by atoms with E-state index in [-0.39, 0.29) is 10.0 Å². The number of rotatable bonds is 6. The number of nitrogens with one attached hydrogen (secondary N) is 2. The van der Waals surface area contributed by atoms with Gasteiger partial charge in [-0.25, -0.2) is 17.8 Å². The van der Waals surface area contributed by atoms with Crippen LogP contribution in [0.15, 0.2) is 29.3 Å². The molecule has 0 aliphatic heterocycles. The summed E-state index contributed by atoms with van der Waals surface area (Å²) in [4.78, 5) is 4.42. The highest BCUT2D eigenvalue weighted by molar-refractivity contribution is 7.93. The third kappa shape index (κ3) is 3.99. The minimum Gasteiger partial charge on any atom is -0.313 e. The normalized spacial score (nSPS) is 11.6. The fourth-order valence-electron chi connectivity index (χ4n) is 1.70. The number of benzene rings is 1. The van der Waals surface area contributed by atoms with E-state index in [0.29, 0.717) is 12.1 Å². The third-order valence-corrected chi connectivity index (χ3v) is 5.02. The van der Waals surface area contributed by atoms with Gasteiger partial charge < -0.3 is 5.32 Å². The summed E-state index contributed by atoms with van der Waals surface area (Å²) >= 11 is 1.20. The van der Waals surface area contributed by atoms with Gasteiger partial charge in [-0.1, -0.05) is 13.0 Å². The maximum atomic E-state index is 13.8. The highest BCUT2D eigenvalue weighted by Gasteiger charge is 2.21. The van der Waals surface area contributed by atoms with Crippen LogP contribution in [0, 0.1) is 12.7 Å². The second kappa shape index (κ2) is 6.50. The van der Waals surface area contributed by atoms with E-state index in [0.717, 1.165) is 17.5 Å². The maximum Gasteiger partial charge on any atom is 0.266 e. The van der Waals surface area contributed by atoms with Crippen LogP contribution in [0.3, 0.4) is 0 Å². The van der Waals surface area contributed by atoms with Gasteiger partial charge in [0, 0.05) is 17.6 Å². The van der Waals surface area contributed by atoms with Gasteiger partial charge in [0.05, 0.1) is 0 Å². The van der Waals surface area contributed by atoms with Crippen molar-refractivity contribution in [2.45, 2.75) is 25.3 Å². The summed E-state index contributed by atoms with van der Waals surface area (Å²) in [5.74, 6) is -0.781. The Bertz CT molecular complexity index is 729. The first-order chi connectivity index (χ1) is 9.92. The molecule has 0 fully saturated rings. The second-order valence-electron chi connectivity index (χ2n) is 4.43. The van der Waals surface area contributed by atoms with E-state index < -0.39 is 15.8 Å². The molecule has 0 aliphatic rings. The molecular formula is C13H16FN3O2S2. The number of sulfonamides is 1. The van der Waals surface area contributed by atoms with Gasteiger partial charge in [-0.2, -0.15) is 0 Å². The van der Waals surface area contributed by atoms with Gasteiger partial charge >= 0.3 is 0 Å². The number of thiazole rings is 1. The van der Waals surface area contributed by atoms with Gasteiger partial charge in [0.25, 0.3) is 10.0 Å². The summed E-state index contributed by atoms with van der Waals surface area (Å²) in [6.07, 6.45) is 1.56. The van der Waals surface area contributed by atoms with Crippen LogP contribution in [0.4, 0.5) is 9.52 Å². The molecule has 0 spiro atoms. The Morgan fingerprint density at radius 3 is 2.76 bits per heavy atom. The molecule has 0 atom stereocenters. The standard InChI is InChI=1S/C13H16FN3O2S2/c1-3-15-8-10-4-5-11(14)12(6-10)21(18,19)17-13-16-7-9(2)20-13/h4-7,15H,3,8H2,1-2H3,(H,16,17). The van der Waals surface area contributed by atoms with Gasteiger partial charge in [-0.05, 0) is 31.2 Å². The summed E-state index contributed by atoms with van der Waals surface area (Å²) < 4.78 is 40.6. The maximum absolute atomic E-state index is 13.8. The minimum atomic E-state index is -3.98. The quantitative estimate of drug-likeness (QED) is 0.854. The number of hydrogen-bond donors (Lipinski definition) is 2. The van der Waals surface area contributed by atoms with Gasteiger partial charge in [0.15, 0.2) is 5.13 Å². The molecular weight excluding hydrogens is 313 g/mol. The largest absolute Gasteiger partial charge is 0.313 e. The predicted octanol–water partition coefficient (Wildman–Crippen LogP) is 2.50. The molecule has 1 aromatic carbocycles. The lowest BCUT2D eigenvalue weighted by Gasteiger charge is -2.09. The number of anilines is 1. The number of nitrogens with zero attached hydrogens (tertiary/aromatic N) is 1. The van der Waals surface area contributed by atoms with Crippen molar-refractivity contribution in [3.8, 4) is 0 Å². The van der Waals surface area contributed by atoms with Crippen molar-refractivity contribution in [3.63, 3.8) is 0 Å². The van der Waals surface area contributed by atoms with E-state index in [1.54, 1.807) is 12.3 Å². The van der Waals surface area contributed by atoms with Crippen LogP contribution in [0.5, 0.6) is 0 Å². The first kappa shape index (κ1) is 15.9. The highest BCUT2D eigenvalue weighted by atomic mass is 32.2. The average Bonchev–Trinajstić information content (AvgIpc) is 2.82. The van der Waals surface area contributed by atoms with E-state index in [2.05, 4.69) is 15.0 Å². The van der Waals surface area contributed by atoms with E-state index in [9.17, 15) is 12.8 Å². The van der Waals surface area contributed by atoms with Crippen molar-refractivity contribution in [3.05, 3.63) is 40.7 Å². The van der Waals surface area contributed by atoms with Gasteiger partial charge in [0.1, 0.15) is 10.7 Å². The van der Waals surface area contributed by atoms with E-state index in [4.69, 9.17) is 0 Å². The minimum absolute atomic E-state index is 0.226. The molecule has 0 aliphatic carbocycles. The fraction of sp³-hybridized carbons (Fsp3) is 0.308. The van der Waals surface area contributed by atoms with Crippen LogP contribution in [-0.4, -0.2) is 19.9 Å². The molecule has 0 amide bonds. The molecule has 2 rings (SSSR count). The van der Waals surface area contributed by atoms with Crippen molar-refractivity contribution < 1.29 is 12.8 Å². The Morgan fingerprint density at radius 2 is 2.14 bits per heavy atom. The van der Waals surface area contributed by atoms with Crippen molar-refractivity contribution in [2.75, 3.05) is 11.3 Å². The Balaban J connectivity index is 2.30. The molecule has 5 nitrogen and oxygen atoms in total. The van der Waals surface area contributed by atoms with Gasteiger partial charge in [0.2, 0.25) is 0 Å². The van der Waals surface area contributed by atoms with Crippen LogP contribution in [-0.2, 0) is 16.6 Å². The highest BCUT2D eigenvalue weighted by Crippen LogP contribution is 2.23. The molecule has 21 heavy (non-hydrogen) atoms. The number of aryl methyl sites for hydroxylation is 1. The summed E-state index contributed by atoms with van der Waals surface area (Å²) in [6, 6.07) is 4.06. The van der Waals surface area contributed by atoms with Crippen molar-refractivity contribution >= 4 is 26.5 Å². The second-order valence-corrected chi connectivity index (χ2v) is 7.31. The fourth-order valence-corrected chi connectivity index (χ4v) is 3.74. The molecule has 2 N–H and O–H groups in total. The van der Waals surface area contributed by atoms with E-state index in [1.165, 1.54) is 17.4 Å². The number of halogens is 1. The molecule has 1 aromatic heterocycles. The molecule has 0 unspecified atom stereocenters. The molecule has 8 heteroatoms. The first-order valence-electron chi connectivity index (χ1n) is 6.37. The summed E-state index contributed by atoms with van der Waals surface area (Å²) in [6.45, 7) is 4.98. The Labute approximate surface area is 127 Å². The predicted molar refractivity (Wildman–Crippen MR) is 81.4 cm³/mol. The van der Waals surface area contributed by atoms with Crippen molar-refractivity contribution in [2.24, 2.45) is 0 Å². The average molecular weight is 329 g/mol. The molecule has 0 saturated carbocycles. The number of hydrogen-bond acceptors (Lipinski definition) is 5. The summed E-state index contributed by atoms with van der Waals surface area (Å²) in [5.41, 5.74) is 0.703. The lowest BCUT2D eigenvalue weighted by atomic mass is 10.2. The van der Waals surface area contributed by atoms with Crippen LogP contribution >= 0.6 is 11.3 Å². The SMILES string of the molecule is CCNCc1ccc(F)c(S(=O)(=O)Nc2ncc(C)s2)c1. The van der Waals surface area contributed by atoms with E-state index >= 15 is 0 Å². The third-order valence-electron chi connectivity index (χ3n) is 2.71. The zero-order chi connectivity index (χ0) is 15.5. The van der Waals surface area contributed by atoms with Crippen molar-refractivity contribution in [1.82, 2.24) is 10.3 Å². The molecule has 1 heterocycles. The Kier molecular flexibility index (Phi) is 4.92. The Morgan fingerprint density at radius 1 is 1.38 bits per heavy atom. The first-order valence-corrected chi connectivity index (χ1v) is 8.66. The lowest BCUT2D eigenvalue weighted by molar-refractivity contribution is 0.568. The van der Waals surface area contributed by atoms with Crippen LogP contribution < -0.4 is 10.0 Å². The zero-order valence-electron chi connectivity index (χ0n) is 11.7. The monoisotopic (exact) mass is 329 g/mol. The summed E-state index contributed by atoms with van der Waals surface area (Å²) in [5, 5.41) is 3.29. The topological polar surface area (TPSA) is 71.1 Å². The molecule has 2 aromatic rings. The smallest absolute Gasteiger partial charge is 0.266 e. The molecule has 114 valence electrons. The molecule has 0 bridgehead atoms. The number of aromatic nitrogens is 1.